The molecule has 1 heteroatoms. The van der Waals surface area contributed by atoms with E-state index in [1.807, 2.05) is 12.4 Å². The number of allylic oxidation sites excluding steroid dienone is 4. The van der Waals surface area contributed by atoms with Gasteiger partial charge in [0.25, 0.3) is 0 Å². The molecule has 4 rings (SSSR count). The third kappa shape index (κ3) is 2.74. The summed E-state index contributed by atoms with van der Waals surface area (Å²) < 4.78 is 0. The van der Waals surface area contributed by atoms with Crippen molar-refractivity contribution in [2.24, 2.45) is 10.9 Å². The number of hydrogen-bond acceptors (Lipinski definition) is 1. The highest BCUT2D eigenvalue weighted by molar-refractivity contribution is 6.06. The molecule has 0 radical (unpaired) electrons. The number of aliphatic imine (C=N–C) groups is 1. The summed E-state index contributed by atoms with van der Waals surface area (Å²) in [4.78, 5) is 4.45. The van der Waals surface area contributed by atoms with Gasteiger partial charge >= 0.3 is 0 Å². The van der Waals surface area contributed by atoms with Crippen molar-refractivity contribution in [2.45, 2.75) is 0 Å². The van der Waals surface area contributed by atoms with E-state index in [0.29, 0.717) is 5.92 Å². The standard InChI is InChI=1S/C22H17N/c1-2-8-17(7-1)16-23-14-13-22-20-11-5-3-9-18(20)15-19-10-4-6-12-21(19)22/h1-17H/b14-13+,23-16?. The fraction of sp³-hybridized carbons (Fsp3) is 0.0455. The van der Waals surface area contributed by atoms with Crippen molar-refractivity contribution in [2.75, 3.05) is 0 Å². The number of rotatable bonds is 3. The summed E-state index contributed by atoms with van der Waals surface area (Å²) in [5, 5.41) is 5.05. The molecule has 0 fully saturated rings. The first-order valence-electron chi connectivity index (χ1n) is 7.87. The number of nitrogens with zero attached hydrogens (tertiary/aromatic N) is 1. The Morgan fingerprint density at radius 2 is 1.39 bits per heavy atom. The molecule has 0 atom stereocenters. The smallest absolute Gasteiger partial charge is 0.0308 e. The van der Waals surface area contributed by atoms with E-state index in [9.17, 15) is 0 Å². The van der Waals surface area contributed by atoms with Gasteiger partial charge in [0.1, 0.15) is 0 Å². The van der Waals surface area contributed by atoms with E-state index in [0.717, 1.165) is 0 Å². The predicted molar refractivity (Wildman–Crippen MR) is 101 cm³/mol. The Kier molecular flexibility index (Phi) is 3.61. The van der Waals surface area contributed by atoms with Gasteiger partial charge in [0.2, 0.25) is 0 Å². The molecule has 23 heavy (non-hydrogen) atoms. The fourth-order valence-corrected chi connectivity index (χ4v) is 3.04. The lowest BCUT2D eigenvalue weighted by Gasteiger charge is -2.07. The summed E-state index contributed by atoms with van der Waals surface area (Å²) in [5.74, 6) is 0.323. The van der Waals surface area contributed by atoms with Crippen molar-refractivity contribution in [3.05, 3.63) is 90.7 Å². The Balaban J connectivity index is 1.79. The molecule has 0 unspecified atom stereocenters. The van der Waals surface area contributed by atoms with Crippen LogP contribution in [0.25, 0.3) is 27.6 Å². The summed E-state index contributed by atoms with van der Waals surface area (Å²) in [7, 11) is 0. The number of fused-ring (bicyclic) bond motifs is 2. The molecule has 0 aliphatic heterocycles. The molecule has 0 spiro atoms. The Morgan fingerprint density at radius 1 is 0.783 bits per heavy atom. The molecule has 0 heterocycles. The molecule has 0 amide bonds. The van der Waals surface area contributed by atoms with E-state index in [-0.39, 0.29) is 0 Å². The maximum atomic E-state index is 4.45. The quantitative estimate of drug-likeness (QED) is 0.429. The van der Waals surface area contributed by atoms with E-state index in [2.05, 4.69) is 90.0 Å². The molecule has 0 N–H and O–H groups in total. The molecule has 0 saturated heterocycles. The van der Waals surface area contributed by atoms with E-state index >= 15 is 0 Å². The minimum absolute atomic E-state index is 0.323. The zero-order valence-electron chi connectivity index (χ0n) is 12.8. The van der Waals surface area contributed by atoms with Gasteiger partial charge in [-0.2, -0.15) is 0 Å². The zero-order valence-corrected chi connectivity index (χ0v) is 12.8. The topological polar surface area (TPSA) is 12.4 Å². The van der Waals surface area contributed by atoms with Crippen LogP contribution in [-0.2, 0) is 0 Å². The second kappa shape index (κ2) is 6.05. The highest BCUT2D eigenvalue weighted by Gasteiger charge is 2.04. The third-order valence-corrected chi connectivity index (χ3v) is 4.18. The normalized spacial score (nSPS) is 15.0. The van der Waals surface area contributed by atoms with Crippen LogP contribution >= 0.6 is 0 Å². The summed E-state index contributed by atoms with van der Waals surface area (Å²) in [6, 6.07) is 19.3. The van der Waals surface area contributed by atoms with E-state index in [1.165, 1.54) is 27.1 Å². The third-order valence-electron chi connectivity index (χ3n) is 4.18. The average Bonchev–Trinajstić information content (AvgIpc) is 3.11. The van der Waals surface area contributed by atoms with Gasteiger partial charge in [0, 0.05) is 18.3 Å². The van der Waals surface area contributed by atoms with Crippen LogP contribution in [0.15, 0.2) is 90.1 Å². The van der Waals surface area contributed by atoms with Crippen molar-refractivity contribution in [3.8, 4) is 0 Å². The van der Waals surface area contributed by atoms with Crippen LogP contribution in [0.4, 0.5) is 0 Å². The molecule has 1 nitrogen and oxygen atoms in total. The van der Waals surface area contributed by atoms with Crippen LogP contribution in [0, 0.1) is 5.92 Å². The van der Waals surface area contributed by atoms with Gasteiger partial charge in [-0.25, -0.2) is 0 Å². The van der Waals surface area contributed by atoms with E-state index < -0.39 is 0 Å². The average molecular weight is 295 g/mol. The minimum Gasteiger partial charge on any atom is -0.268 e. The molecule has 1 aliphatic rings. The SMILES string of the molecule is C1=CC(C=N/C=C/c2c3ccccc3cc3ccccc23)C=C1. The van der Waals surface area contributed by atoms with Gasteiger partial charge < -0.3 is 0 Å². The molecule has 0 bridgehead atoms. The lowest BCUT2D eigenvalue weighted by molar-refractivity contribution is 1.19. The maximum absolute atomic E-state index is 4.45. The number of hydrogen-bond donors (Lipinski definition) is 0. The van der Waals surface area contributed by atoms with Crippen LogP contribution < -0.4 is 0 Å². The van der Waals surface area contributed by atoms with Crippen LogP contribution in [0.2, 0.25) is 0 Å². The molecule has 1 aliphatic carbocycles. The molecule has 3 aromatic carbocycles. The van der Waals surface area contributed by atoms with Gasteiger partial charge in [-0.3, -0.25) is 4.99 Å². The van der Waals surface area contributed by atoms with Crippen LogP contribution in [0.1, 0.15) is 5.56 Å². The van der Waals surface area contributed by atoms with Crippen molar-refractivity contribution in [1.82, 2.24) is 0 Å². The van der Waals surface area contributed by atoms with Crippen molar-refractivity contribution in [3.63, 3.8) is 0 Å². The predicted octanol–water partition coefficient (Wildman–Crippen LogP) is 5.78. The molecular formula is C22H17N. The van der Waals surface area contributed by atoms with Crippen LogP contribution in [0.3, 0.4) is 0 Å². The highest BCUT2D eigenvalue weighted by Crippen LogP contribution is 2.29. The highest BCUT2D eigenvalue weighted by atomic mass is 14.7. The van der Waals surface area contributed by atoms with Gasteiger partial charge in [-0.1, -0.05) is 72.8 Å². The first kappa shape index (κ1) is 13.7. The van der Waals surface area contributed by atoms with Gasteiger partial charge in [0.05, 0.1) is 0 Å². The molecule has 0 saturated carbocycles. The van der Waals surface area contributed by atoms with Crippen LogP contribution in [0.5, 0.6) is 0 Å². The molecular weight excluding hydrogens is 278 g/mol. The molecule has 110 valence electrons. The Labute approximate surface area is 136 Å². The summed E-state index contributed by atoms with van der Waals surface area (Å²) in [6.07, 6.45) is 14.3. The Bertz CT molecular complexity index is 908. The Morgan fingerprint density at radius 3 is 2.04 bits per heavy atom. The maximum Gasteiger partial charge on any atom is 0.0308 e. The largest absolute Gasteiger partial charge is 0.268 e. The first-order chi connectivity index (χ1) is 11.4. The second-order valence-corrected chi connectivity index (χ2v) is 5.69. The van der Waals surface area contributed by atoms with Crippen molar-refractivity contribution >= 4 is 33.8 Å². The summed E-state index contributed by atoms with van der Waals surface area (Å²) in [6.45, 7) is 0. The monoisotopic (exact) mass is 295 g/mol. The minimum atomic E-state index is 0.323. The lowest BCUT2D eigenvalue weighted by atomic mass is 9.97. The summed E-state index contributed by atoms with van der Waals surface area (Å²) in [5.41, 5.74) is 1.23. The number of benzene rings is 3. The van der Waals surface area contributed by atoms with Gasteiger partial charge in [-0.05, 0) is 39.3 Å². The van der Waals surface area contributed by atoms with E-state index in [4.69, 9.17) is 0 Å². The zero-order chi connectivity index (χ0) is 15.5. The first-order valence-corrected chi connectivity index (χ1v) is 7.87. The fourth-order valence-electron chi connectivity index (χ4n) is 3.04. The summed E-state index contributed by atoms with van der Waals surface area (Å²) >= 11 is 0. The van der Waals surface area contributed by atoms with Gasteiger partial charge in [0.15, 0.2) is 0 Å². The van der Waals surface area contributed by atoms with Crippen molar-refractivity contribution < 1.29 is 0 Å². The molecule has 3 aromatic rings. The van der Waals surface area contributed by atoms with E-state index in [1.54, 1.807) is 0 Å². The second-order valence-electron chi connectivity index (χ2n) is 5.69. The van der Waals surface area contributed by atoms with Crippen molar-refractivity contribution in [1.29, 1.82) is 0 Å². The Hall–Kier alpha value is -2.93. The lowest BCUT2D eigenvalue weighted by Crippen LogP contribution is -1.88. The molecule has 0 aromatic heterocycles. The van der Waals surface area contributed by atoms with Gasteiger partial charge in [-0.15, -0.1) is 0 Å². The van der Waals surface area contributed by atoms with Crippen LogP contribution in [-0.4, -0.2) is 6.21 Å².